The molecule has 0 saturated carbocycles. The summed E-state index contributed by atoms with van der Waals surface area (Å²) >= 11 is 0. The maximum absolute atomic E-state index is 13.7. The smallest absolute Gasteiger partial charge is 0.165 e. The number of benzene rings is 2. The molecule has 1 saturated heterocycles. The fourth-order valence-electron chi connectivity index (χ4n) is 3.49. The zero-order chi connectivity index (χ0) is 18.9. The molecule has 3 rings (SSSR count). The van der Waals surface area contributed by atoms with Crippen LogP contribution < -0.4 is 10.1 Å². The number of rotatable bonds is 9. The van der Waals surface area contributed by atoms with E-state index in [9.17, 15) is 4.39 Å². The van der Waals surface area contributed by atoms with E-state index >= 15 is 0 Å². The minimum absolute atomic E-state index is 0.296. The van der Waals surface area contributed by atoms with Gasteiger partial charge in [-0.2, -0.15) is 0 Å². The van der Waals surface area contributed by atoms with Gasteiger partial charge in [0.25, 0.3) is 0 Å². The molecule has 0 amide bonds. The van der Waals surface area contributed by atoms with E-state index in [-0.39, 0.29) is 5.82 Å². The summed E-state index contributed by atoms with van der Waals surface area (Å²) in [5.74, 6) is -0.00432. The molecule has 0 unspecified atom stereocenters. The van der Waals surface area contributed by atoms with Crippen molar-refractivity contribution in [2.24, 2.45) is 0 Å². The number of hydrogen-bond acceptors (Lipinski definition) is 4. The van der Waals surface area contributed by atoms with Crippen LogP contribution in [0.2, 0.25) is 0 Å². The minimum Gasteiger partial charge on any atom is -0.494 e. The van der Waals surface area contributed by atoms with Gasteiger partial charge in [0, 0.05) is 39.3 Å². The van der Waals surface area contributed by atoms with E-state index in [4.69, 9.17) is 4.74 Å². The van der Waals surface area contributed by atoms with Gasteiger partial charge in [-0.1, -0.05) is 36.4 Å². The summed E-state index contributed by atoms with van der Waals surface area (Å²) in [4.78, 5) is 5.07. The lowest BCUT2D eigenvalue weighted by Gasteiger charge is -2.34. The molecular formula is C22H30FN3O. The Morgan fingerprint density at radius 2 is 1.70 bits per heavy atom. The van der Waals surface area contributed by atoms with Gasteiger partial charge in [-0.15, -0.1) is 0 Å². The maximum atomic E-state index is 13.7. The largest absolute Gasteiger partial charge is 0.494 e. The molecule has 0 bridgehead atoms. The highest BCUT2D eigenvalue weighted by Crippen LogP contribution is 2.17. The predicted molar refractivity (Wildman–Crippen MR) is 107 cm³/mol. The van der Waals surface area contributed by atoms with Crippen molar-refractivity contribution in [2.75, 3.05) is 46.4 Å². The molecule has 1 fully saturated rings. The molecule has 5 heteroatoms. The van der Waals surface area contributed by atoms with Crippen LogP contribution in [0.1, 0.15) is 17.5 Å². The highest BCUT2D eigenvalue weighted by molar-refractivity contribution is 5.29. The number of methoxy groups -OCH3 is 1. The third kappa shape index (κ3) is 6.31. The van der Waals surface area contributed by atoms with E-state index in [0.717, 1.165) is 57.8 Å². The van der Waals surface area contributed by atoms with Crippen LogP contribution in [0.15, 0.2) is 48.5 Å². The average Bonchev–Trinajstić information content (AvgIpc) is 2.70. The highest BCUT2D eigenvalue weighted by Gasteiger charge is 2.16. The van der Waals surface area contributed by atoms with E-state index in [1.54, 1.807) is 6.07 Å². The standard InChI is InChI=1S/C22H30FN3O/c1-27-22-9-8-20(16-21(22)23)17-24-10-5-11-25-12-14-26(15-13-25)18-19-6-3-2-4-7-19/h2-4,6-9,16,24H,5,10-15,17-18H2,1H3. The summed E-state index contributed by atoms with van der Waals surface area (Å²) in [5, 5.41) is 3.40. The normalized spacial score (nSPS) is 15.8. The van der Waals surface area contributed by atoms with Crippen LogP contribution in [0.3, 0.4) is 0 Å². The van der Waals surface area contributed by atoms with Gasteiger partial charge in [-0.3, -0.25) is 4.90 Å². The van der Waals surface area contributed by atoms with Crippen molar-refractivity contribution in [1.29, 1.82) is 0 Å². The second-order valence-corrected chi connectivity index (χ2v) is 7.10. The van der Waals surface area contributed by atoms with Gasteiger partial charge in [-0.25, -0.2) is 4.39 Å². The predicted octanol–water partition coefficient (Wildman–Crippen LogP) is 3.13. The Labute approximate surface area is 161 Å². The fourth-order valence-corrected chi connectivity index (χ4v) is 3.49. The number of ether oxygens (including phenoxy) is 1. The van der Waals surface area contributed by atoms with Gasteiger partial charge in [0.05, 0.1) is 7.11 Å². The van der Waals surface area contributed by atoms with Gasteiger partial charge in [0.2, 0.25) is 0 Å². The summed E-state index contributed by atoms with van der Waals surface area (Å²) in [6, 6.07) is 15.8. The molecule has 1 N–H and O–H groups in total. The lowest BCUT2D eigenvalue weighted by atomic mass is 10.2. The minimum atomic E-state index is -0.301. The topological polar surface area (TPSA) is 27.7 Å². The van der Waals surface area contributed by atoms with E-state index in [2.05, 4.69) is 45.4 Å². The van der Waals surface area contributed by atoms with Crippen LogP contribution >= 0.6 is 0 Å². The molecule has 0 aromatic heterocycles. The van der Waals surface area contributed by atoms with Crippen molar-refractivity contribution in [3.05, 3.63) is 65.5 Å². The molecule has 2 aromatic rings. The van der Waals surface area contributed by atoms with Crippen molar-refractivity contribution < 1.29 is 9.13 Å². The summed E-state index contributed by atoms with van der Waals surface area (Å²) in [5.41, 5.74) is 2.34. The van der Waals surface area contributed by atoms with Crippen molar-refractivity contribution >= 4 is 0 Å². The molecule has 2 aromatic carbocycles. The molecule has 1 aliphatic heterocycles. The van der Waals surface area contributed by atoms with Crippen LogP contribution in [-0.2, 0) is 13.1 Å². The van der Waals surface area contributed by atoms with Crippen LogP contribution in [0.4, 0.5) is 4.39 Å². The molecule has 0 radical (unpaired) electrons. The molecule has 1 heterocycles. The molecule has 0 spiro atoms. The Bertz CT molecular complexity index is 687. The quantitative estimate of drug-likeness (QED) is 0.686. The molecule has 0 aliphatic carbocycles. The number of halogens is 1. The zero-order valence-electron chi connectivity index (χ0n) is 16.2. The summed E-state index contributed by atoms with van der Waals surface area (Å²) in [6.45, 7) is 8.33. The first-order chi connectivity index (χ1) is 13.2. The van der Waals surface area contributed by atoms with Crippen LogP contribution in [0, 0.1) is 5.82 Å². The third-order valence-corrected chi connectivity index (χ3v) is 5.09. The molecule has 4 nitrogen and oxygen atoms in total. The summed E-state index contributed by atoms with van der Waals surface area (Å²) < 4.78 is 18.6. The second kappa shape index (κ2) is 10.4. The summed E-state index contributed by atoms with van der Waals surface area (Å²) in [6.07, 6.45) is 1.11. The van der Waals surface area contributed by atoms with Crippen molar-refractivity contribution in [3.8, 4) is 5.75 Å². The number of piperazine rings is 1. The van der Waals surface area contributed by atoms with Gasteiger partial charge < -0.3 is 15.0 Å². The van der Waals surface area contributed by atoms with Crippen LogP contribution in [0.25, 0.3) is 0 Å². The molecule has 146 valence electrons. The van der Waals surface area contributed by atoms with Crippen molar-refractivity contribution in [3.63, 3.8) is 0 Å². The highest BCUT2D eigenvalue weighted by atomic mass is 19.1. The first-order valence-electron chi connectivity index (χ1n) is 9.76. The van der Waals surface area contributed by atoms with Crippen molar-refractivity contribution in [2.45, 2.75) is 19.5 Å². The van der Waals surface area contributed by atoms with Crippen LogP contribution in [0.5, 0.6) is 5.75 Å². The molecule has 27 heavy (non-hydrogen) atoms. The zero-order valence-corrected chi connectivity index (χ0v) is 16.2. The average molecular weight is 372 g/mol. The van der Waals surface area contributed by atoms with Gasteiger partial charge in [0.15, 0.2) is 11.6 Å². The molecule has 1 aliphatic rings. The Balaban J connectivity index is 1.28. The second-order valence-electron chi connectivity index (χ2n) is 7.10. The fraction of sp³-hybridized carbons (Fsp3) is 0.455. The summed E-state index contributed by atoms with van der Waals surface area (Å²) in [7, 11) is 1.48. The van der Waals surface area contributed by atoms with E-state index in [1.165, 1.54) is 18.7 Å². The van der Waals surface area contributed by atoms with Gasteiger partial charge >= 0.3 is 0 Å². The van der Waals surface area contributed by atoms with E-state index < -0.39 is 0 Å². The third-order valence-electron chi connectivity index (χ3n) is 5.09. The number of nitrogens with one attached hydrogen (secondary N) is 1. The molecular weight excluding hydrogens is 341 g/mol. The Morgan fingerprint density at radius 3 is 2.41 bits per heavy atom. The van der Waals surface area contributed by atoms with Crippen molar-refractivity contribution in [1.82, 2.24) is 15.1 Å². The van der Waals surface area contributed by atoms with Gasteiger partial charge in [-0.05, 0) is 42.8 Å². The van der Waals surface area contributed by atoms with E-state index in [1.807, 2.05) is 6.07 Å². The number of nitrogens with zero attached hydrogens (tertiary/aromatic N) is 2. The SMILES string of the molecule is COc1ccc(CNCCCN2CCN(Cc3ccccc3)CC2)cc1F. The first-order valence-corrected chi connectivity index (χ1v) is 9.76. The Morgan fingerprint density at radius 1 is 0.963 bits per heavy atom. The number of hydrogen-bond donors (Lipinski definition) is 1. The lowest BCUT2D eigenvalue weighted by molar-refractivity contribution is 0.126. The first kappa shape index (κ1) is 19.8. The lowest BCUT2D eigenvalue weighted by Crippen LogP contribution is -2.46. The monoisotopic (exact) mass is 371 g/mol. The molecule has 0 atom stereocenters. The Kier molecular flexibility index (Phi) is 7.63. The van der Waals surface area contributed by atoms with Gasteiger partial charge in [0.1, 0.15) is 0 Å². The van der Waals surface area contributed by atoms with Crippen LogP contribution in [-0.4, -0.2) is 56.2 Å². The Hall–Kier alpha value is -1.95. The maximum Gasteiger partial charge on any atom is 0.165 e. The van der Waals surface area contributed by atoms with E-state index in [0.29, 0.717) is 12.3 Å².